The van der Waals surface area contributed by atoms with Gasteiger partial charge in [0.15, 0.2) is 6.61 Å². The van der Waals surface area contributed by atoms with Crippen molar-refractivity contribution in [3.05, 3.63) is 35.9 Å². The number of nitrogens with one attached hydrogen (secondary N) is 2. The summed E-state index contributed by atoms with van der Waals surface area (Å²) in [5.74, 6) is -1.99. The number of hydrogen-bond acceptors (Lipinski definition) is 6. The number of rotatable bonds is 4. The molecule has 8 heteroatoms. The number of amides is 3. The zero-order valence-corrected chi connectivity index (χ0v) is 16.1. The standard InChI is InChI=1S/C21H24N2O6/c1-12-6-2-5-9-16(12)22-21(28)23-18(25)11-29-20(27)15-10-17(24)13-7-3-4-8-14(13)19(15)26/h3-4,7-8,10,12,16,24,26H,2,5-6,9,11H2,1H3,(H2,22,23,25,28)/t12-,16-/m1/s1. The van der Waals surface area contributed by atoms with Gasteiger partial charge in [0.05, 0.1) is 0 Å². The summed E-state index contributed by atoms with van der Waals surface area (Å²) in [5, 5.41) is 25.9. The molecule has 3 amide bonds. The fourth-order valence-corrected chi connectivity index (χ4v) is 3.60. The maximum absolute atomic E-state index is 12.2. The van der Waals surface area contributed by atoms with Crippen LogP contribution < -0.4 is 10.6 Å². The zero-order chi connectivity index (χ0) is 21.0. The molecule has 29 heavy (non-hydrogen) atoms. The number of hydrogen-bond donors (Lipinski definition) is 4. The second-order valence-electron chi connectivity index (χ2n) is 7.30. The molecule has 0 aromatic heterocycles. The molecule has 0 unspecified atom stereocenters. The molecule has 8 nitrogen and oxygen atoms in total. The van der Waals surface area contributed by atoms with E-state index in [1.54, 1.807) is 24.3 Å². The Kier molecular flexibility index (Phi) is 6.21. The number of benzene rings is 2. The monoisotopic (exact) mass is 400 g/mol. The number of carbonyl (C=O) groups is 3. The second-order valence-corrected chi connectivity index (χ2v) is 7.30. The van der Waals surface area contributed by atoms with E-state index in [4.69, 9.17) is 4.74 Å². The topological polar surface area (TPSA) is 125 Å². The molecule has 1 saturated carbocycles. The van der Waals surface area contributed by atoms with Crippen LogP contribution in [-0.4, -0.2) is 40.8 Å². The molecule has 0 aliphatic heterocycles. The highest BCUT2D eigenvalue weighted by Gasteiger charge is 2.24. The zero-order valence-electron chi connectivity index (χ0n) is 16.1. The largest absolute Gasteiger partial charge is 0.507 e. The summed E-state index contributed by atoms with van der Waals surface area (Å²) in [5.41, 5.74) is -0.269. The van der Waals surface area contributed by atoms with E-state index in [1.165, 1.54) is 0 Å². The lowest BCUT2D eigenvalue weighted by Crippen LogP contribution is -2.48. The maximum atomic E-state index is 12.2. The average Bonchev–Trinajstić information content (AvgIpc) is 2.70. The first kappa shape index (κ1) is 20.4. The van der Waals surface area contributed by atoms with E-state index in [0.29, 0.717) is 11.3 Å². The number of phenolic OH excluding ortho intramolecular Hbond substituents is 2. The Bertz CT molecular complexity index is 942. The third-order valence-electron chi connectivity index (χ3n) is 5.23. The average molecular weight is 400 g/mol. The molecule has 0 heterocycles. The molecule has 4 N–H and O–H groups in total. The number of fused-ring (bicyclic) bond motifs is 1. The number of urea groups is 1. The van der Waals surface area contributed by atoms with Crippen LogP contribution in [0.5, 0.6) is 11.5 Å². The first-order valence-corrected chi connectivity index (χ1v) is 9.58. The third kappa shape index (κ3) is 4.77. The highest BCUT2D eigenvalue weighted by Crippen LogP contribution is 2.35. The molecule has 154 valence electrons. The maximum Gasteiger partial charge on any atom is 0.342 e. The molecule has 3 rings (SSSR count). The Balaban J connectivity index is 1.56. The van der Waals surface area contributed by atoms with Gasteiger partial charge < -0.3 is 20.3 Å². The van der Waals surface area contributed by atoms with Gasteiger partial charge in [-0.3, -0.25) is 10.1 Å². The minimum Gasteiger partial charge on any atom is -0.507 e. The molecule has 0 saturated heterocycles. The van der Waals surface area contributed by atoms with Crippen LogP contribution in [0.15, 0.2) is 30.3 Å². The van der Waals surface area contributed by atoms with Gasteiger partial charge in [0.1, 0.15) is 17.1 Å². The van der Waals surface area contributed by atoms with Gasteiger partial charge >= 0.3 is 12.0 Å². The van der Waals surface area contributed by atoms with Gasteiger partial charge in [0.25, 0.3) is 5.91 Å². The van der Waals surface area contributed by atoms with Gasteiger partial charge in [-0.05, 0) is 24.8 Å². The first-order chi connectivity index (χ1) is 13.9. The lowest BCUT2D eigenvalue weighted by atomic mass is 9.86. The fraction of sp³-hybridized carbons (Fsp3) is 0.381. The Labute approximate surface area is 167 Å². The minimum atomic E-state index is -0.986. The molecule has 2 aromatic rings. The van der Waals surface area contributed by atoms with Gasteiger partial charge in [-0.2, -0.15) is 0 Å². The first-order valence-electron chi connectivity index (χ1n) is 9.58. The fourth-order valence-electron chi connectivity index (χ4n) is 3.60. The lowest BCUT2D eigenvalue weighted by molar-refractivity contribution is -0.123. The lowest BCUT2D eigenvalue weighted by Gasteiger charge is -2.29. The number of ether oxygens (including phenoxy) is 1. The van der Waals surface area contributed by atoms with Crippen LogP contribution in [0, 0.1) is 5.92 Å². The SMILES string of the molecule is C[C@@H]1CCCC[C@H]1NC(=O)NC(=O)COC(=O)c1cc(O)c2ccccc2c1O. The van der Waals surface area contributed by atoms with E-state index in [2.05, 4.69) is 17.6 Å². The van der Waals surface area contributed by atoms with E-state index in [9.17, 15) is 24.6 Å². The van der Waals surface area contributed by atoms with Crippen LogP contribution in [0.25, 0.3) is 10.8 Å². The van der Waals surface area contributed by atoms with Gasteiger partial charge in [0.2, 0.25) is 0 Å². The van der Waals surface area contributed by atoms with Crippen molar-refractivity contribution in [3.63, 3.8) is 0 Å². The third-order valence-corrected chi connectivity index (χ3v) is 5.23. The summed E-state index contributed by atoms with van der Waals surface area (Å²) in [6.07, 6.45) is 4.05. The van der Waals surface area contributed by atoms with Crippen LogP contribution >= 0.6 is 0 Å². The van der Waals surface area contributed by atoms with Crippen molar-refractivity contribution in [2.24, 2.45) is 5.92 Å². The molecule has 1 aliphatic rings. The quantitative estimate of drug-likeness (QED) is 0.462. The number of carbonyl (C=O) groups excluding carboxylic acids is 3. The summed E-state index contributed by atoms with van der Waals surface area (Å²) in [4.78, 5) is 36.1. The predicted molar refractivity (Wildman–Crippen MR) is 106 cm³/mol. The van der Waals surface area contributed by atoms with Crippen molar-refractivity contribution < 1.29 is 29.3 Å². The molecule has 1 fully saturated rings. The van der Waals surface area contributed by atoms with E-state index in [1.807, 2.05) is 0 Å². The normalized spacial score (nSPS) is 18.8. The van der Waals surface area contributed by atoms with Crippen LogP contribution in [0.2, 0.25) is 0 Å². The number of aromatic hydroxyl groups is 2. The highest BCUT2D eigenvalue weighted by atomic mass is 16.5. The Morgan fingerprint density at radius 2 is 1.79 bits per heavy atom. The van der Waals surface area contributed by atoms with E-state index in [0.717, 1.165) is 31.7 Å². The molecule has 0 bridgehead atoms. The molecule has 0 spiro atoms. The number of esters is 1. The van der Waals surface area contributed by atoms with Crippen LogP contribution in [-0.2, 0) is 9.53 Å². The molecule has 0 radical (unpaired) electrons. The summed E-state index contributed by atoms with van der Waals surface area (Å²) >= 11 is 0. The highest BCUT2D eigenvalue weighted by molar-refractivity contribution is 6.04. The van der Waals surface area contributed by atoms with E-state index in [-0.39, 0.29) is 28.5 Å². The molecular formula is C21H24N2O6. The predicted octanol–water partition coefficient (Wildman–Crippen LogP) is 2.81. The Morgan fingerprint density at radius 1 is 1.10 bits per heavy atom. The molecule has 2 aromatic carbocycles. The van der Waals surface area contributed by atoms with Gasteiger partial charge in [0, 0.05) is 16.8 Å². The smallest absolute Gasteiger partial charge is 0.342 e. The van der Waals surface area contributed by atoms with Crippen molar-refractivity contribution in [3.8, 4) is 11.5 Å². The molecule has 2 atom stereocenters. The molecular weight excluding hydrogens is 376 g/mol. The Hall–Kier alpha value is -3.29. The van der Waals surface area contributed by atoms with Crippen molar-refractivity contribution in [2.45, 2.75) is 38.6 Å². The van der Waals surface area contributed by atoms with Crippen molar-refractivity contribution in [1.82, 2.24) is 10.6 Å². The second kappa shape index (κ2) is 8.81. The van der Waals surface area contributed by atoms with Crippen molar-refractivity contribution >= 4 is 28.7 Å². The Morgan fingerprint density at radius 3 is 2.52 bits per heavy atom. The van der Waals surface area contributed by atoms with Gasteiger partial charge in [-0.1, -0.05) is 44.0 Å². The van der Waals surface area contributed by atoms with Crippen molar-refractivity contribution in [1.29, 1.82) is 0 Å². The van der Waals surface area contributed by atoms with Gasteiger partial charge in [-0.15, -0.1) is 0 Å². The van der Waals surface area contributed by atoms with Crippen LogP contribution in [0.3, 0.4) is 0 Å². The number of imide groups is 1. The van der Waals surface area contributed by atoms with Crippen molar-refractivity contribution in [2.75, 3.05) is 6.61 Å². The van der Waals surface area contributed by atoms with Crippen LogP contribution in [0.1, 0.15) is 43.0 Å². The summed E-state index contributed by atoms with van der Waals surface area (Å²) < 4.78 is 4.88. The van der Waals surface area contributed by atoms with Crippen LogP contribution in [0.4, 0.5) is 4.79 Å². The minimum absolute atomic E-state index is 0.0108. The summed E-state index contributed by atoms with van der Waals surface area (Å²) in [7, 11) is 0. The van der Waals surface area contributed by atoms with E-state index >= 15 is 0 Å². The van der Waals surface area contributed by atoms with Gasteiger partial charge in [-0.25, -0.2) is 9.59 Å². The summed E-state index contributed by atoms with van der Waals surface area (Å²) in [6, 6.07) is 6.93. The molecule has 1 aliphatic carbocycles. The number of phenols is 2. The summed E-state index contributed by atoms with van der Waals surface area (Å²) in [6.45, 7) is 1.36. The van der Waals surface area contributed by atoms with E-state index < -0.39 is 24.5 Å².